The maximum atomic E-state index is 12.9. The van der Waals surface area contributed by atoms with E-state index in [-0.39, 0.29) is 18.5 Å². The molecule has 306 valence electrons. The SMILES string of the molecule is CCC.CCCN(Cc1nc2ccc(-c3ccc4c(c3)COc3cc5c(ccc6[nH]c(CN(CCC)C(=O)OC(C)(C)C)nc65)cc3-4)cc2[nH]1)C(=O)CNC(=O)OC. The van der Waals surface area contributed by atoms with Crippen molar-refractivity contribution in [2.75, 3.05) is 26.7 Å². The zero-order valence-corrected chi connectivity index (χ0v) is 34.9. The van der Waals surface area contributed by atoms with Gasteiger partial charge in [0.25, 0.3) is 0 Å². The summed E-state index contributed by atoms with van der Waals surface area (Å²) in [6, 6.07) is 20.9. The van der Waals surface area contributed by atoms with Gasteiger partial charge in [-0.15, -0.1) is 0 Å². The van der Waals surface area contributed by atoms with Crippen LogP contribution in [-0.4, -0.2) is 80.2 Å². The van der Waals surface area contributed by atoms with Crippen LogP contribution < -0.4 is 10.1 Å². The van der Waals surface area contributed by atoms with Crippen LogP contribution in [0.2, 0.25) is 0 Å². The Morgan fingerprint density at radius 1 is 0.810 bits per heavy atom. The number of carbonyl (C=O) groups is 3. The van der Waals surface area contributed by atoms with E-state index in [2.05, 4.69) is 76.3 Å². The molecule has 6 aromatic rings. The molecule has 3 amide bonds. The van der Waals surface area contributed by atoms with E-state index in [9.17, 15) is 14.4 Å². The molecule has 2 aromatic heterocycles. The minimum Gasteiger partial charge on any atom is -0.488 e. The molecule has 1 aliphatic heterocycles. The average molecular weight is 790 g/mol. The predicted octanol–water partition coefficient (Wildman–Crippen LogP) is 9.48. The highest BCUT2D eigenvalue weighted by Gasteiger charge is 2.24. The van der Waals surface area contributed by atoms with E-state index in [1.54, 1.807) is 9.80 Å². The van der Waals surface area contributed by atoms with E-state index < -0.39 is 11.7 Å². The molecule has 7 rings (SSSR count). The number of aromatic amines is 2. The molecular weight excluding hydrogens is 735 g/mol. The summed E-state index contributed by atoms with van der Waals surface area (Å²) >= 11 is 0. The number of fused-ring (bicyclic) bond motifs is 7. The van der Waals surface area contributed by atoms with E-state index in [0.29, 0.717) is 44.4 Å². The standard InChI is InChI=1S/C42H47N7O6.C3H8/c1-7-15-48(38(50)21-43-40(51)53-6)22-36-44-32-13-10-26(19-34(32)46-36)25-9-12-29-28(17-25)24-54-35-20-30-27(18-31(29)35)11-14-33-39(30)47-37(45-33)23-49(16-8-2)41(52)55-42(3,4)5;1-3-2/h9-14,17-20H,7-8,15-16,21-24H2,1-6H3,(H,43,51)(H,44,46)(H,45,47);3H2,1-2H3. The van der Waals surface area contributed by atoms with Crippen molar-refractivity contribution in [3.8, 4) is 28.0 Å². The van der Waals surface area contributed by atoms with Gasteiger partial charge in [-0.3, -0.25) is 4.79 Å². The molecule has 1 aliphatic rings. The van der Waals surface area contributed by atoms with E-state index in [1.807, 2.05) is 52.8 Å². The van der Waals surface area contributed by atoms with Crippen LogP contribution in [-0.2, 0) is 34.0 Å². The van der Waals surface area contributed by atoms with E-state index in [4.69, 9.17) is 19.4 Å². The van der Waals surface area contributed by atoms with Crippen molar-refractivity contribution in [1.82, 2.24) is 35.1 Å². The highest BCUT2D eigenvalue weighted by atomic mass is 16.6. The fraction of sp³-hybridized carbons (Fsp3) is 0.400. The first-order chi connectivity index (χ1) is 27.8. The number of methoxy groups -OCH3 is 1. The molecule has 0 saturated heterocycles. The maximum Gasteiger partial charge on any atom is 0.410 e. The van der Waals surface area contributed by atoms with E-state index in [1.165, 1.54) is 13.5 Å². The second-order valence-electron chi connectivity index (χ2n) is 15.6. The summed E-state index contributed by atoms with van der Waals surface area (Å²) in [6.45, 7) is 15.9. The van der Waals surface area contributed by atoms with Crippen LogP contribution in [0.4, 0.5) is 9.59 Å². The Bertz CT molecular complexity index is 2430. The number of H-pyrrole nitrogens is 2. The number of hydrogen-bond donors (Lipinski definition) is 3. The molecule has 3 heterocycles. The van der Waals surface area contributed by atoms with Gasteiger partial charge in [0.15, 0.2) is 0 Å². The smallest absolute Gasteiger partial charge is 0.410 e. The second kappa shape index (κ2) is 18.0. The maximum absolute atomic E-state index is 12.9. The lowest BCUT2D eigenvalue weighted by Crippen LogP contribution is -2.40. The van der Waals surface area contributed by atoms with Gasteiger partial charge in [-0.05, 0) is 97.7 Å². The van der Waals surface area contributed by atoms with Gasteiger partial charge in [-0.1, -0.05) is 58.4 Å². The molecule has 0 saturated carbocycles. The molecule has 3 N–H and O–H groups in total. The van der Waals surface area contributed by atoms with Crippen molar-refractivity contribution in [3.63, 3.8) is 0 Å². The number of aromatic nitrogens is 4. The van der Waals surface area contributed by atoms with E-state index in [0.717, 1.165) is 79.2 Å². The fourth-order valence-corrected chi connectivity index (χ4v) is 7.00. The van der Waals surface area contributed by atoms with Crippen LogP contribution in [0.3, 0.4) is 0 Å². The third kappa shape index (κ3) is 9.53. The average Bonchev–Trinajstić information content (AvgIpc) is 3.81. The normalized spacial score (nSPS) is 11.9. The van der Waals surface area contributed by atoms with Gasteiger partial charge < -0.3 is 39.3 Å². The number of alkyl carbamates (subject to hydrolysis) is 1. The lowest BCUT2D eigenvalue weighted by atomic mass is 9.91. The third-order valence-electron chi connectivity index (χ3n) is 9.50. The van der Waals surface area contributed by atoms with Crippen molar-refractivity contribution in [2.45, 2.75) is 93.0 Å². The Hall–Kier alpha value is -6.11. The predicted molar refractivity (Wildman–Crippen MR) is 227 cm³/mol. The lowest BCUT2D eigenvalue weighted by molar-refractivity contribution is -0.130. The molecule has 13 heteroatoms. The van der Waals surface area contributed by atoms with Crippen molar-refractivity contribution >= 4 is 50.9 Å². The summed E-state index contributed by atoms with van der Waals surface area (Å²) in [5, 5.41) is 4.48. The first-order valence-corrected chi connectivity index (χ1v) is 20.1. The number of nitrogens with zero attached hydrogens (tertiary/aromatic N) is 4. The monoisotopic (exact) mass is 789 g/mol. The van der Waals surface area contributed by atoms with Gasteiger partial charge in [0.1, 0.15) is 36.2 Å². The molecule has 0 radical (unpaired) electrons. The van der Waals surface area contributed by atoms with Gasteiger partial charge in [-0.25, -0.2) is 19.6 Å². The second-order valence-corrected chi connectivity index (χ2v) is 15.6. The summed E-state index contributed by atoms with van der Waals surface area (Å²) in [5.41, 5.74) is 8.12. The van der Waals surface area contributed by atoms with Crippen LogP contribution >= 0.6 is 0 Å². The molecule has 0 atom stereocenters. The Morgan fingerprint density at radius 3 is 2.21 bits per heavy atom. The number of benzene rings is 4. The Balaban J connectivity index is 0.00000183. The van der Waals surface area contributed by atoms with Crippen molar-refractivity contribution in [3.05, 3.63) is 77.9 Å². The first-order valence-electron chi connectivity index (χ1n) is 20.1. The minimum atomic E-state index is -0.647. The van der Waals surface area contributed by atoms with Gasteiger partial charge in [-0.2, -0.15) is 0 Å². The van der Waals surface area contributed by atoms with E-state index >= 15 is 0 Å². The van der Waals surface area contributed by atoms with Gasteiger partial charge in [0, 0.05) is 24.0 Å². The third-order valence-corrected chi connectivity index (χ3v) is 9.50. The number of amides is 3. The fourth-order valence-electron chi connectivity index (χ4n) is 7.00. The molecule has 0 bridgehead atoms. The molecule has 13 nitrogen and oxygen atoms in total. The Morgan fingerprint density at radius 2 is 1.48 bits per heavy atom. The summed E-state index contributed by atoms with van der Waals surface area (Å²) in [5.74, 6) is 1.95. The highest BCUT2D eigenvalue weighted by Crippen LogP contribution is 2.42. The van der Waals surface area contributed by atoms with Crippen LogP contribution in [0.5, 0.6) is 5.75 Å². The Labute approximate surface area is 339 Å². The van der Waals surface area contributed by atoms with Crippen LogP contribution in [0.1, 0.15) is 84.9 Å². The van der Waals surface area contributed by atoms with Crippen molar-refractivity contribution in [1.29, 1.82) is 0 Å². The molecule has 0 unspecified atom stereocenters. The molecule has 58 heavy (non-hydrogen) atoms. The number of hydrogen-bond acceptors (Lipinski definition) is 8. The van der Waals surface area contributed by atoms with Crippen molar-refractivity contribution in [2.24, 2.45) is 0 Å². The molecular formula is C45H55N7O6. The number of carbonyl (C=O) groups excluding carboxylic acids is 3. The molecule has 0 aliphatic carbocycles. The zero-order valence-electron chi connectivity index (χ0n) is 34.9. The largest absolute Gasteiger partial charge is 0.488 e. The van der Waals surface area contributed by atoms with Crippen LogP contribution in [0.25, 0.3) is 55.1 Å². The number of ether oxygens (including phenoxy) is 3. The number of rotatable bonds is 11. The summed E-state index contributed by atoms with van der Waals surface area (Å²) in [7, 11) is 1.26. The quantitative estimate of drug-likeness (QED) is 0.117. The number of nitrogens with one attached hydrogen (secondary N) is 3. The van der Waals surface area contributed by atoms with Crippen LogP contribution in [0, 0.1) is 0 Å². The van der Waals surface area contributed by atoms with Gasteiger partial charge in [0.2, 0.25) is 5.91 Å². The van der Waals surface area contributed by atoms with Crippen LogP contribution in [0.15, 0.2) is 60.7 Å². The molecule has 0 fully saturated rings. The summed E-state index contributed by atoms with van der Waals surface area (Å²) in [6.07, 6.45) is 1.82. The Kier molecular flexibility index (Phi) is 12.9. The number of imidazole rings is 2. The lowest BCUT2D eigenvalue weighted by Gasteiger charge is -2.26. The summed E-state index contributed by atoms with van der Waals surface area (Å²) in [4.78, 5) is 57.1. The minimum absolute atomic E-state index is 0.147. The highest BCUT2D eigenvalue weighted by molar-refractivity contribution is 6.07. The molecule has 4 aromatic carbocycles. The molecule has 0 spiro atoms. The van der Waals surface area contributed by atoms with Gasteiger partial charge in [0.05, 0.1) is 42.3 Å². The first kappa shape index (κ1) is 41.5. The van der Waals surface area contributed by atoms with Crippen molar-refractivity contribution < 1.29 is 28.6 Å². The topological polar surface area (TPSA) is 155 Å². The summed E-state index contributed by atoms with van der Waals surface area (Å²) < 4.78 is 16.6. The van der Waals surface area contributed by atoms with Gasteiger partial charge >= 0.3 is 12.2 Å². The zero-order chi connectivity index (χ0) is 41.6.